The summed E-state index contributed by atoms with van der Waals surface area (Å²) in [5, 5.41) is 17.7. The van der Waals surface area contributed by atoms with Crippen molar-refractivity contribution < 1.29 is 18.0 Å². The fraction of sp³-hybridized carbons (Fsp3) is 0.393. The van der Waals surface area contributed by atoms with Gasteiger partial charge in [0.15, 0.2) is 0 Å². The topological polar surface area (TPSA) is 121 Å². The maximum absolute atomic E-state index is 13.8. The number of H-pyrrole nitrogens is 1. The molecule has 5 rings (SSSR count). The normalized spacial score (nSPS) is 16.9. The van der Waals surface area contributed by atoms with Crippen molar-refractivity contribution in [3.63, 3.8) is 0 Å². The number of nitrogens with zero attached hydrogens (tertiary/aromatic N) is 6. The van der Waals surface area contributed by atoms with Crippen LogP contribution in [0.1, 0.15) is 41.1 Å². The molecule has 2 aromatic heterocycles. The SMILES string of the molecule is N#Cc1ccc(N2CCN(C(=O)CCNCC[C@H]3c4ccccc4CN3c3cn[nH]c(=O)c3C(F)(F)F)CC2)nc1. The first-order valence-corrected chi connectivity index (χ1v) is 13.3. The van der Waals surface area contributed by atoms with Crippen LogP contribution in [0.2, 0.25) is 0 Å². The van der Waals surface area contributed by atoms with E-state index in [1.54, 1.807) is 17.0 Å². The van der Waals surface area contributed by atoms with Crippen LogP contribution in [0.4, 0.5) is 24.7 Å². The van der Waals surface area contributed by atoms with Crippen molar-refractivity contribution in [2.24, 2.45) is 0 Å². The number of alkyl halides is 3. The van der Waals surface area contributed by atoms with Gasteiger partial charge in [0.05, 0.1) is 23.5 Å². The van der Waals surface area contributed by atoms with Crippen molar-refractivity contribution in [3.8, 4) is 6.07 Å². The van der Waals surface area contributed by atoms with Gasteiger partial charge >= 0.3 is 6.18 Å². The Bertz CT molecular complexity index is 1480. The lowest BCUT2D eigenvalue weighted by Crippen LogP contribution is -2.49. The summed E-state index contributed by atoms with van der Waals surface area (Å²) in [5.74, 6) is 0.806. The summed E-state index contributed by atoms with van der Waals surface area (Å²) in [4.78, 5) is 34.7. The predicted octanol–water partition coefficient (Wildman–Crippen LogP) is 2.84. The molecule has 0 aliphatic carbocycles. The van der Waals surface area contributed by atoms with Crippen molar-refractivity contribution in [1.29, 1.82) is 5.26 Å². The molecule has 2 aliphatic rings. The van der Waals surface area contributed by atoms with Gasteiger partial charge < -0.3 is 20.0 Å². The molecule has 0 saturated carbocycles. The van der Waals surface area contributed by atoms with Crippen LogP contribution in [0.5, 0.6) is 0 Å². The number of piperazine rings is 1. The van der Waals surface area contributed by atoms with Crippen LogP contribution in [-0.4, -0.2) is 65.3 Å². The highest BCUT2D eigenvalue weighted by molar-refractivity contribution is 5.76. The molecule has 0 spiro atoms. The highest BCUT2D eigenvalue weighted by Crippen LogP contribution is 2.43. The maximum Gasteiger partial charge on any atom is 0.423 e. The van der Waals surface area contributed by atoms with E-state index in [1.165, 1.54) is 6.20 Å². The van der Waals surface area contributed by atoms with Crippen molar-refractivity contribution in [3.05, 3.63) is 81.4 Å². The first-order chi connectivity index (χ1) is 19.8. The first kappa shape index (κ1) is 28.1. The molecule has 214 valence electrons. The lowest BCUT2D eigenvalue weighted by Gasteiger charge is -2.35. The van der Waals surface area contributed by atoms with Gasteiger partial charge in [-0.15, -0.1) is 0 Å². The van der Waals surface area contributed by atoms with Gasteiger partial charge in [-0.05, 0) is 36.2 Å². The molecule has 0 bridgehead atoms. The molecular formula is C28H29F3N8O2. The Morgan fingerprint density at radius 1 is 1.10 bits per heavy atom. The number of anilines is 2. The molecule has 1 aromatic carbocycles. The number of carbonyl (C=O) groups excluding carboxylic acids is 1. The number of carbonyl (C=O) groups is 1. The lowest BCUT2D eigenvalue weighted by molar-refractivity contribution is -0.138. The van der Waals surface area contributed by atoms with Crippen molar-refractivity contribution in [1.82, 2.24) is 25.4 Å². The van der Waals surface area contributed by atoms with Crippen LogP contribution in [0.15, 0.2) is 53.6 Å². The zero-order valence-electron chi connectivity index (χ0n) is 22.2. The second-order valence-corrected chi connectivity index (χ2v) is 9.97. The second kappa shape index (κ2) is 12.0. The van der Waals surface area contributed by atoms with Gasteiger partial charge in [-0.3, -0.25) is 9.59 Å². The van der Waals surface area contributed by atoms with Crippen LogP contribution in [-0.2, 0) is 17.5 Å². The number of rotatable bonds is 8. The number of nitrogens with one attached hydrogen (secondary N) is 2. The molecule has 0 radical (unpaired) electrons. The van der Waals surface area contributed by atoms with Crippen molar-refractivity contribution in [2.45, 2.75) is 31.6 Å². The maximum atomic E-state index is 13.8. The standard InChI is InChI=1S/C28H29F3N8O2/c29-28(30,31)26-23(17-35-36-27(26)41)39-18-20-3-1-2-4-21(20)22(39)7-9-33-10-8-25(40)38-13-11-37(12-14-38)24-6-5-19(15-32)16-34-24/h1-6,16-17,22,33H,7-14,18H2,(H,36,41)/t22-/m0/s1. The number of hydrogen-bond acceptors (Lipinski definition) is 8. The molecule has 1 amide bonds. The van der Waals surface area contributed by atoms with Crippen LogP contribution in [0, 0.1) is 11.3 Å². The van der Waals surface area contributed by atoms with Gasteiger partial charge in [-0.25, -0.2) is 10.1 Å². The van der Waals surface area contributed by atoms with Crippen LogP contribution in [0.3, 0.4) is 0 Å². The Hall–Kier alpha value is -4.44. The van der Waals surface area contributed by atoms with E-state index in [4.69, 9.17) is 5.26 Å². The van der Waals surface area contributed by atoms with Gasteiger partial charge in [0, 0.05) is 51.9 Å². The molecule has 1 saturated heterocycles. The third-order valence-corrected chi connectivity index (χ3v) is 7.50. The molecule has 41 heavy (non-hydrogen) atoms. The number of fused-ring (bicyclic) bond motifs is 1. The zero-order chi connectivity index (χ0) is 29.0. The number of halogens is 3. The number of pyridine rings is 1. The van der Waals surface area contributed by atoms with Gasteiger partial charge in [0.25, 0.3) is 5.56 Å². The fourth-order valence-corrected chi connectivity index (χ4v) is 5.45. The number of aromatic nitrogens is 3. The Morgan fingerprint density at radius 2 is 1.88 bits per heavy atom. The molecule has 0 unspecified atom stereocenters. The summed E-state index contributed by atoms with van der Waals surface area (Å²) < 4.78 is 41.4. The number of hydrogen-bond donors (Lipinski definition) is 2. The number of amides is 1. The molecule has 10 nitrogen and oxygen atoms in total. The third kappa shape index (κ3) is 6.17. The summed E-state index contributed by atoms with van der Waals surface area (Å²) in [7, 11) is 0. The summed E-state index contributed by atoms with van der Waals surface area (Å²) in [6, 6.07) is 12.6. The van der Waals surface area contributed by atoms with Crippen molar-refractivity contribution >= 4 is 17.4 Å². The summed E-state index contributed by atoms with van der Waals surface area (Å²) in [6.45, 7) is 3.57. The minimum absolute atomic E-state index is 0.0298. The Morgan fingerprint density at radius 3 is 2.59 bits per heavy atom. The Kier molecular flexibility index (Phi) is 8.21. The van der Waals surface area contributed by atoms with E-state index in [0.29, 0.717) is 57.7 Å². The van der Waals surface area contributed by atoms with E-state index < -0.39 is 17.3 Å². The number of aromatic amines is 1. The van der Waals surface area contributed by atoms with Gasteiger partial charge in [0.1, 0.15) is 17.5 Å². The largest absolute Gasteiger partial charge is 0.423 e. The molecule has 3 aromatic rings. The highest BCUT2D eigenvalue weighted by Gasteiger charge is 2.41. The molecule has 1 fully saturated rings. The second-order valence-electron chi connectivity index (χ2n) is 9.97. The van der Waals surface area contributed by atoms with Crippen molar-refractivity contribution in [2.75, 3.05) is 49.1 Å². The smallest absolute Gasteiger partial charge is 0.358 e. The van der Waals surface area contributed by atoms with Crippen LogP contribution >= 0.6 is 0 Å². The predicted molar refractivity (Wildman–Crippen MR) is 145 cm³/mol. The molecule has 2 N–H and O–H groups in total. The number of nitriles is 1. The first-order valence-electron chi connectivity index (χ1n) is 13.3. The van der Waals surface area contributed by atoms with Gasteiger partial charge in [0.2, 0.25) is 5.91 Å². The zero-order valence-corrected chi connectivity index (χ0v) is 22.2. The van der Waals surface area contributed by atoms with E-state index in [0.717, 1.165) is 23.1 Å². The Labute approximate surface area is 234 Å². The molecule has 13 heteroatoms. The highest BCUT2D eigenvalue weighted by atomic mass is 19.4. The van der Waals surface area contributed by atoms with E-state index >= 15 is 0 Å². The van der Waals surface area contributed by atoms with E-state index in [-0.39, 0.29) is 24.2 Å². The fourth-order valence-electron chi connectivity index (χ4n) is 5.45. The minimum Gasteiger partial charge on any atom is -0.358 e. The molecule has 1 atom stereocenters. The summed E-state index contributed by atoms with van der Waals surface area (Å²) >= 11 is 0. The van der Waals surface area contributed by atoms with Crippen LogP contribution < -0.4 is 20.7 Å². The Balaban J connectivity index is 1.14. The average Bonchev–Trinajstić information content (AvgIpc) is 3.34. The third-order valence-electron chi connectivity index (χ3n) is 7.50. The van der Waals surface area contributed by atoms with Gasteiger partial charge in [-0.2, -0.15) is 23.5 Å². The van der Waals surface area contributed by atoms with Gasteiger partial charge in [-0.1, -0.05) is 24.3 Å². The molecular weight excluding hydrogens is 537 g/mol. The monoisotopic (exact) mass is 566 g/mol. The summed E-state index contributed by atoms with van der Waals surface area (Å²) in [5.41, 5.74) is -0.453. The quantitative estimate of drug-likeness (QED) is 0.400. The summed E-state index contributed by atoms with van der Waals surface area (Å²) in [6.07, 6.45) is -1.45. The number of benzene rings is 1. The minimum atomic E-state index is -4.83. The molecule has 4 heterocycles. The molecule has 2 aliphatic heterocycles. The van der Waals surface area contributed by atoms with E-state index in [1.807, 2.05) is 40.3 Å². The lowest BCUT2D eigenvalue weighted by atomic mass is 10.0. The van der Waals surface area contributed by atoms with Crippen LogP contribution in [0.25, 0.3) is 0 Å². The average molecular weight is 567 g/mol. The van der Waals surface area contributed by atoms with E-state index in [2.05, 4.69) is 20.3 Å². The van der Waals surface area contributed by atoms with E-state index in [9.17, 15) is 22.8 Å².